The molecule has 112 valence electrons. The summed E-state index contributed by atoms with van der Waals surface area (Å²) in [5.74, 6) is -1.45. The van der Waals surface area contributed by atoms with E-state index in [1.165, 1.54) is 6.20 Å². The highest BCUT2D eigenvalue weighted by atomic mass is 127. The monoisotopic (exact) mass is 423 g/mol. The fraction of sp³-hybridized carbons (Fsp3) is 0.455. The van der Waals surface area contributed by atoms with Crippen LogP contribution < -0.4 is 4.74 Å². The molecule has 0 saturated carbocycles. The molecule has 0 amide bonds. The van der Waals surface area contributed by atoms with Gasteiger partial charge in [0.15, 0.2) is 5.75 Å². The maximum absolute atomic E-state index is 12.4. The summed E-state index contributed by atoms with van der Waals surface area (Å²) in [5.41, 5.74) is -0.0178. The van der Waals surface area contributed by atoms with Gasteiger partial charge < -0.3 is 9.47 Å². The van der Waals surface area contributed by atoms with E-state index >= 15 is 0 Å². The molecule has 0 N–H and O–H groups in total. The van der Waals surface area contributed by atoms with Crippen LogP contribution >= 0.6 is 34.2 Å². The van der Waals surface area contributed by atoms with Gasteiger partial charge in [0, 0.05) is 15.3 Å². The topological polar surface area (TPSA) is 48.4 Å². The van der Waals surface area contributed by atoms with Gasteiger partial charge in [0.2, 0.25) is 0 Å². The minimum Gasteiger partial charge on any atom is -0.466 e. The van der Waals surface area contributed by atoms with E-state index in [0.717, 1.165) is 0 Å². The van der Waals surface area contributed by atoms with Crippen LogP contribution in [0.25, 0.3) is 0 Å². The standard InChI is InChI=1S/C11H10ClF3INO3/c1-2-19-9(18)3-6-7(16)5-17-8(4-12)10(6)20-11(13,14)15/h5H,2-4H2,1H3. The average Bonchev–Trinajstić information content (AvgIpc) is 2.32. The maximum atomic E-state index is 12.4. The normalized spacial score (nSPS) is 11.3. The van der Waals surface area contributed by atoms with Gasteiger partial charge in [-0.2, -0.15) is 0 Å². The predicted octanol–water partition coefficient (Wildman–Crippen LogP) is 3.43. The third-order valence-corrected chi connectivity index (χ3v) is 3.31. The molecule has 0 atom stereocenters. The Morgan fingerprint density at radius 1 is 1.50 bits per heavy atom. The molecule has 4 nitrogen and oxygen atoms in total. The molecule has 0 aliphatic heterocycles. The molecule has 1 rings (SSSR count). The molecule has 1 aromatic heterocycles. The van der Waals surface area contributed by atoms with Crippen molar-refractivity contribution in [2.24, 2.45) is 0 Å². The summed E-state index contributed by atoms with van der Waals surface area (Å²) in [4.78, 5) is 15.2. The lowest BCUT2D eigenvalue weighted by Gasteiger charge is -2.16. The molecule has 0 bridgehead atoms. The van der Waals surface area contributed by atoms with Crippen molar-refractivity contribution in [1.29, 1.82) is 0 Å². The van der Waals surface area contributed by atoms with Crippen molar-refractivity contribution in [3.05, 3.63) is 21.0 Å². The number of ether oxygens (including phenoxy) is 2. The third kappa shape index (κ3) is 4.97. The minimum absolute atomic E-state index is 0.0621. The van der Waals surface area contributed by atoms with Crippen molar-refractivity contribution in [1.82, 2.24) is 4.98 Å². The van der Waals surface area contributed by atoms with Gasteiger partial charge in [-0.05, 0) is 29.5 Å². The molecule has 9 heteroatoms. The molecule has 1 aromatic rings. The summed E-state index contributed by atoms with van der Waals surface area (Å²) in [6, 6.07) is 0. The zero-order valence-electron chi connectivity index (χ0n) is 10.3. The second-order valence-electron chi connectivity index (χ2n) is 3.52. The zero-order valence-corrected chi connectivity index (χ0v) is 13.2. The van der Waals surface area contributed by atoms with Gasteiger partial charge >= 0.3 is 12.3 Å². The van der Waals surface area contributed by atoms with Crippen molar-refractivity contribution in [2.45, 2.75) is 25.6 Å². The molecule has 0 radical (unpaired) electrons. The predicted molar refractivity (Wildman–Crippen MR) is 73.5 cm³/mol. The minimum atomic E-state index is -4.89. The van der Waals surface area contributed by atoms with Gasteiger partial charge in [-0.3, -0.25) is 9.78 Å². The smallest absolute Gasteiger partial charge is 0.466 e. The number of hydrogen-bond donors (Lipinski definition) is 0. The van der Waals surface area contributed by atoms with Crippen LogP contribution in [0, 0.1) is 3.57 Å². The summed E-state index contributed by atoms with van der Waals surface area (Å²) in [7, 11) is 0. The van der Waals surface area contributed by atoms with E-state index in [9.17, 15) is 18.0 Å². The number of aromatic nitrogens is 1. The van der Waals surface area contributed by atoms with E-state index in [1.54, 1.807) is 29.5 Å². The van der Waals surface area contributed by atoms with Crippen LogP contribution in [0.1, 0.15) is 18.2 Å². The molecule has 0 saturated heterocycles. The molecule has 0 spiro atoms. The van der Waals surface area contributed by atoms with E-state index in [2.05, 4.69) is 9.72 Å². The highest BCUT2D eigenvalue weighted by molar-refractivity contribution is 14.1. The molecule has 0 fully saturated rings. The van der Waals surface area contributed by atoms with Gasteiger partial charge in [0.05, 0.1) is 24.6 Å². The first kappa shape index (κ1) is 17.3. The van der Waals surface area contributed by atoms with Crippen LogP contribution in [0.3, 0.4) is 0 Å². The van der Waals surface area contributed by atoms with Crippen molar-refractivity contribution >= 4 is 40.2 Å². The molecule has 0 aliphatic carbocycles. The summed E-state index contributed by atoms with van der Waals surface area (Å²) in [5, 5.41) is 0. The molecular formula is C11H10ClF3INO3. The van der Waals surface area contributed by atoms with Gasteiger partial charge in [-0.25, -0.2) is 0 Å². The van der Waals surface area contributed by atoms with Crippen LogP contribution in [-0.4, -0.2) is 23.9 Å². The number of halogens is 5. The van der Waals surface area contributed by atoms with E-state index in [1.807, 2.05) is 0 Å². The van der Waals surface area contributed by atoms with Crippen molar-refractivity contribution in [2.75, 3.05) is 6.61 Å². The molecule has 1 heterocycles. The maximum Gasteiger partial charge on any atom is 0.573 e. The summed E-state index contributed by atoms with van der Waals surface area (Å²) >= 11 is 7.33. The van der Waals surface area contributed by atoms with Crippen LogP contribution in [0.2, 0.25) is 0 Å². The quantitative estimate of drug-likeness (QED) is 0.414. The Hall–Kier alpha value is -0.770. The van der Waals surface area contributed by atoms with Crippen molar-refractivity contribution in [3.8, 4) is 5.75 Å². The second-order valence-corrected chi connectivity index (χ2v) is 4.95. The first-order valence-electron chi connectivity index (χ1n) is 5.42. The number of alkyl halides is 4. The van der Waals surface area contributed by atoms with Crippen LogP contribution in [0.4, 0.5) is 13.2 Å². The van der Waals surface area contributed by atoms with E-state index < -0.39 is 18.1 Å². The Morgan fingerprint density at radius 2 is 2.15 bits per heavy atom. The van der Waals surface area contributed by atoms with Gasteiger partial charge in [0.25, 0.3) is 0 Å². The highest BCUT2D eigenvalue weighted by Crippen LogP contribution is 2.33. The lowest BCUT2D eigenvalue weighted by Crippen LogP contribution is -2.21. The average molecular weight is 424 g/mol. The SMILES string of the molecule is CCOC(=O)Cc1c(I)cnc(CCl)c1OC(F)(F)F. The molecular weight excluding hydrogens is 413 g/mol. The fourth-order valence-corrected chi connectivity index (χ4v) is 2.17. The Balaban J connectivity index is 3.21. The number of rotatable bonds is 5. The van der Waals surface area contributed by atoms with Crippen molar-refractivity contribution in [3.63, 3.8) is 0 Å². The Labute approximate surface area is 131 Å². The Morgan fingerprint density at radius 3 is 2.65 bits per heavy atom. The Bertz CT molecular complexity index is 497. The number of nitrogens with zero attached hydrogens (tertiary/aromatic N) is 1. The molecule has 0 unspecified atom stereocenters. The second kappa shape index (κ2) is 7.30. The van der Waals surface area contributed by atoms with Gasteiger partial charge in [0.1, 0.15) is 0 Å². The van der Waals surface area contributed by atoms with Crippen LogP contribution in [0.5, 0.6) is 5.75 Å². The van der Waals surface area contributed by atoms with E-state index in [4.69, 9.17) is 16.3 Å². The van der Waals surface area contributed by atoms with E-state index in [0.29, 0.717) is 3.57 Å². The third-order valence-electron chi connectivity index (χ3n) is 2.13. The fourth-order valence-electron chi connectivity index (χ4n) is 1.41. The number of pyridine rings is 1. The number of carbonyl (C=O) groups is 1. The number of carbonyl (C=O) groups excluding carboxylic acids is 1. The van der Waals surface area contributed by atoms with Gasteiger partial charge in [-0.15, -0.1) is 24.8 Å². The Kier molecular flexibility index (Phi) is 6.31. The van der Waals surface area contributed by atoms with Gasteiger partial charge in [-0.1, -0.05) is 0 Å². The molecule has 20 heavy (non-hydrogen) atoms. The summed E-state index contributed by atoms with van der Waals surface area (Å²) in [6.07, 6.45) is -3.91. The lowest BCUT2D eigenvalue weighted by atomic mass is 10.1. The largest absolute Gasteiger partial charge is 0.573 e. The zero-order chi connectivity index (χ0) is 15.3. The highest BCUT2D eigenvalue weighted by Gasteiger charge is 2.34. The number of esters is 1. The molecule has 0 aliphatic rings. The first-order chi connectivity index (χ1) is 9.28. The van der Waals surface area contributed by atoms with E-state index in [-0.39, 0.29) is 30.2 Å². The van der Waals surface area contributed by atoms with Crippen LogP contribution in [-0.2, 0) is 21.8 Å². The van der Waals surface area contributed by atoms with Crippen LogP contribution in [0.15, 0.2) is 6.20 Å². The first-order valence-corrected chi connectivity index (χ1v) is 7.03. The molecule has 0 aromatic carbocycles. The van der Waals surface area contributed by atoms with Crippen molar-refractivity contribution < 1.29 is 27.4 Å². The summed E-state index contributed by atoms with van der Waals surface area (Å²) < 4.78 is 46.4. The lowest BCUT2D eigenvalue weighted by molar-refractivity contribution is -0.275. The summed E-state index contributed by atoms with van der Waals surface area (Å²) in [6.45, 7) is 1.74. The number of hydrogen-bond acceptors (Lipinski definition) is 4.